The van der Waals surface area contributed by atoms with E-state index < -0.39 is 16.0 Å². The van der Waals surface area contributed by atoms with Crippen LogP contribution in [-0.4, -0.2) is 31.8 Å². The Kier molecular flexibility index (Phi) is 20.2. The van der Waals surface area contributed by atoms with Gasteiger partial charge in [-0.3, -0.25) is 4.79 Å². The standard InChI is InChI=1S/C23H47NO4S/c1-2-3-4-5-6-7-10-13-16-19-22-29(27,28)24-21-18-15-12-9-8-11-14-17-20-23(25)26/h24H,2-22H2,1H3,(H,25,26). The number of unbranched alkanes of at least 4 members (excludes halogenated alkanes) is 16. The van der Waals surface area contributed by atoms with Gasteiger partial charge in [-0.2, -0.15) is 0 Å². The van der Waals surface area contributed by atoms with Crippen LogP contribution in [0.5, 0.6) is 0 Å². The maximum Gasteiger partial charge on any atom is 0.303 e. The summed E-state index contributed by atoms with van der Waals surface area (Å²) in [6, 6.07) is 0. The average molecular weight is 434 g/mol. The summed E-state index contributed by atoms with van der Waals surface area (Å²) in [4.78, 5) is 10.4. The topological polar surface area (TPSA) is 83.5 Å². The van der Waals surface area contributed by atoms with Crippen molar-refractivity contribution >= 4 is 16.0 Å². The Balaban J connectivity index is 3.35. The average Bonchev–Trinajstić information content (AvgIpc) is 2.67. The molecule has 0 aliphatic rings. The van der Waals surface area contributed by atoms with Crippen molar-refractivity contribution in [2.75, 3.05) is 12.3 Å². The van der Waals surface area contributed by atoms with Gasteiger partial charge in [-0.25, -0.2) is 13.1 Å². The van der Waals surface area contributed by atoms with E-state index in [1.807, 2.05) is 0 Å². The van der Waals surface area contributed by atoms with Crippen LogP contribution < -0.4 is 4.72 Å². The Hall–Kier alpha value is -0.620. The normalized spacial score (nSPS) is 11.8. The summed E-state index contributed by atoms with van der Waals surface area (Å²) in [7, 11) is -3.10. The summed E-state index contributed by atoms with van der Waals surface area (Å²) in [5.41, 5.74) is 0. The molecule has 0 bridgehead atoms. The number of hydrogen-bond acceptors (Lipinski definition) is 3. The van der Waals surface area contributed by atoms with Crippen molar-refractivity contribution in [3.05, 3.63) is 0 Å². The molecule has 0 atom stereocenters. The Morgan fingerprint density at radius 1 is 0.655 bits per heavy atom. The van der Waals surface area contributed by atoms with E-state index in [2.05, 4.69) is 11.6 Å². The minimum absolute atomic E-state index is 0.264. The Bertz CT molecular complexity index is 465. The highest BCUT2D eigenvalue weighted by Gasteiger charge is 2.08. The first kappa shape index (κ1) is 28.4. The van der Waals surface area contributed by atoms with Crippen molar-refractivity contribution in [3.63, 3.8) is 0 Å². The van der Waals surface area contributed by atoms with Gasteiger partial charge >= 0.3 is 5.97 Å². The summed E-state index contributed by atoms with van der Waals surface area (Å²) >= 11 is 0. The number of hydrogen-bond donors (Lipinski definition) is 2. The third-order valence-electron chi connectivity index (χ3n) is 5.41. The molecule has 5 nitrogen and oxygen atoms in total. The highest BCUT2D eigenvalue weighted by atomic mass is 32.2. The van der Waals surface area contributed by atoms with Gasteiger partial charge in [0.15, 0.2) is 0 Å². The van der Waals surface area contributed by atoms with Crippen molar-refractivity contribution in [1.29, 1.82) is 0 Å². The van der Waals surface area contributed by atoms with E-state index in [0.29, 0.717) is 6.54 Å². The van der Waals surface area contributed by atoms with Crippen LogP contribution in [0.2, 0.25) is 0 Å². The zero-order chi connectivity index (χ0) is 21.6. The second-order valence-corrected chi connectivity index (χ2v) is 10.3. The summed E-state index contributed by atoms with van der Waals surface area (Å²) in [5, 5.41) is 8.57. The molecule has 0 aromatic heterocycles. The van der Waals surface area contributed by atoms with Crippen LogP contribution in [0.1, 0.15) is 129 Å². The van der Waals surface area contributed by atoms with E-state index in [0.717, 1.165) is 70.6 Å². The van der Waals surface area contributed by atoms with Crippen LogP contribution in [0.3, 0.4) is 0 Å². The second-order valence-electron chi connectivity index (χ2n) is 8.37. The Labute approximate surface area is 180 Å². The molecule has 0 fully saturated rings. The first-order valence-electron chi connectivity index (χ1n) is 12.2. The van der Waals surface area contributed by atoms with E-state index in [1.165, 1.54) is 44.9 Å². The lowest BCUT2D eigenvalue weighted by Gasteiger charge is -2.07. The fourth-order valence-corrected chi connectivity index (χ4v) is 4.73. The van der Waals surface area contributed by atoms with E-state index in [9.17, 15) is 13.2 Å². The van der Waals surface area contributed by atoms with Crippen LogP contribution in [0.25, 0.3) is 0 Å². The smallest absolute Gasteiger partial charge is 0.303 e. The van der Waals surface area contributed by atoms with Crippen molar-refractivity contribution in [3.8, 4) is 0 Å². The third kappa shape index (κ3) is 23.5. The zero-order valence-corrected chi connectivity index (χ0v) is 19.7. The maximum absolute atomic E-state index is 12.0. The van der Waals surface area contributed by atoms with Crippen molar-refractivity contribution < 1.29 is 18.3 Å². The van der Waals surface area contributed by atoms with Crippen LogP contribution in [0.4, 0.5) is 0 Å². The van der Waals surface area contributed by atoms with Gasteiger partial charge in [-0.15, -0.1) is 0 Å². The van der Waals surface area contributed by atoms with Gasteiger partial charge in [0.2, 0.25) is 10.0 Å². The third-order valence-corrected chi connectivity index (χ3v) is 6.88. The second kappa shape index (κ2) is 20.6. The molecule has 29 heavy (non-hydrogen) atoms. The molecule has 174 valence electrons. The van der Waals surface area contributed by atoms with Gasteiger partial charge in [0, 0.05) is 13.0 Å². The molecule has 0 rings (SSSR count). The molecule has 2 N–H and O–H groups in total. The maximum atomic E-state index is 12.0. The van der Waals surface area contributed by atoms with E-state index in [-0.39, 0.29) is 12.2 Å². The molecule has 0 heterocycles. The fourth-order valence-electron chi connectivity index (χ4n) is 3.54. The fraction of sp³-hybridized carbons (Fsp3) is 0.957. The predicted octanol–water partition coefficient (Wildman–Crippen LogP) is 6.42. The molecule has 0 aliphatic carbocycles. The van der Waals surface area contributed by atoms with Crippen LogP contribution >= 0.6 is 0 Å². The predicted molar refractivity (Wildman–Crippen MR) is 123 cm³/mol. The quantitative estimate of drug-likeness (QED) is 0.182. The largest absolute Gasteiger partial charge is 0.481 e. The van der Waals surface area contributed by atoms with Gasteiger partial charge in [-0.05, 0) is 19.3 Å². The summed E-state index contributed by atoms with van der Waals surface area (Å²) in [5.74, 6) is -0.444. The van der Waals surface area contributed by atoms with Gasteiger partial charge < -0.3 is 5.11 Å². The summed E-state index contributed by atoms with van der Waals surface area (Å²) in [6.45, 7) is 2.79. The van der Waals surface area contributed by atoms with E-state index in [1.54, 1.807) is 0 Å². The Morgan fingerprint density at radius 3 is 1.55 bits per heavy atom. The van der Waals surface area contributed by atoms with Crippen molar-refractivity contribution in [2.45, 2.75) is 129 Å². The van der Waals surface area contributed by atoms with Crippen molar-refractivity contribution in [1.82, 2.24) is 4.72 Å². The summed E-state index contributed by atoms with van der Waals surface area (Å²) in [6.07, 6.45) is 20.6. The van der Waals surface area contributed by atoms with Gasteiger partial charge in [-0.1, -0.05) is 103 Å². The van der Waals surface area contributed by atoms with Gasteiger partial charge in [0.25, 0.3) is 0 Å². The van der Waals surface area contributed by atoms with Crippen molar-refractivity contribution in [2.24, 2.45) is 0 Å². The van der Waals surface area contributed by atoms with Crippen LogP contribution in [0, 0.1) is 0 Å². The number of carboxylic acids is 1. The first-order valence-corrected chi connectivity index (χ1v) is 13.8. The van der Waals surface area contributed by atoms with Crippen LogP contribution in [-0.2, 0) is 14.8 Å². The molecule has 0 amide bonds. The zero-order valence-electron chi connectivity index (χ0n) is 18.9. The number of nitrogens with one attached hydrogen (secondary N) is 1. The molecule has 0 saturated carbocycles. The minimum Gasteiger partial charge on any atom is -0.481 e. The SMILES string of the molecule is CCCCCCCCCCCCS(=O)(=O)NCCCCCCCCCCC(=O)O. The highest BCUT2D eigenvalue weighted by molar-refractivity contribution is 7.89. The van der Waals surface area contributed by atoms with E-state index >= 15 is 0 Å². The lowest BCUT2D eigenvalue weighted by molar-refractivity contribution is -0.137. The molecule has 0 aliphatic heterocycles. The molecule has 0 aromatic carbocycles. The summed E-state index contributed by atoms with van der Waals surface area (Å²) < 4.78 is 26.7. The number of aliphatic carboxylic acids is 1. The van der Waals surface area contributed by atoms with Gasteiger partial charge in [0.1, 0.15) is 0 Å². The molecule has 0 radical (unpaired) electrons. The number of sulfonamides is 1. The first-order chi connectivity index (χ1) is 14.0. The lowest BCUT2D eigenvalue weighted by atomic mass is 10.1. The molecule has 0 aromatic rings. The molecule has 0 saturated heterocycles. The lowest BCUT2D eigenvalue weighted by Crippen LogP contribution is -2.27. The molecule has 0 unspecified atom stereocenters. The monoisotopic (exact) mass is 433 g/mol. The number of carboxylic acid groups (broad SMARTS) is 1. The Morgan fingerprint density at radius 2 is 1.07 bits per heavy atom. The van der Waals surface area contributed by atoms with E-state index in [4.69, 9.17) is 5.11 Å². The minimum atomic E-state index is -3.10. The molecule has 0 spiro atoms. The highest BCUT2D eigenvalue weighted by Crippen LogP contribution is 2.11. The molecule has 6 heteroatoms. The number of carbonyl (C=O) groups is 1. The van der Waals surface area contributed by atoms with Gasteiger partial charge in [0.05, 0.1) is 5.75 Å². The van der Waals surface area contributed by atoms with Crippen LogP contribution in [0.15, 0.2) is 0 Å². The number of rotatable bonds is 23. The molecular formula is C23H47NO4S. The molecular weight excluding hydrogens is 386 g/mol.